The lowest BCUT2D eigenvalue weighted by molar-refractivity contribution is -0.0309. The number of nitrogens with zero attached hydrogens (tertiary/aromatic N) is 1. The smallest absolute Gasteiger partial charge is 0.263 e. The van der Waals surface area contributed by atoms with Gasteiger partial charge in [0.15, 0.2) is 0 Å². The number of aryl methyl sites for hydroxylation is 1. The first-order valence-electron chi connectivity index (χ1n) is 15.7. The molecule has 0 saturated heterocycles. The van der Waals surface area contributed by atoms with Gasteiger partial charge in [0.1, 0.15) is 15.6 Å². The molecule has 6 rings (SSSR count). The van der Waals surface area contributed by atoms with E-state index in [2.05, 4.69) is 44.5 Å². The van der Waals surface area contributed by atoms with Gasteiger partial charge in [-0.1, -0.05) is 29.8 Å². The van der Waals surface area contributed by atoms with Gasteiger partial charge in [-0.2, -0.15) is 0 Å². The molecular weight excluding hydrogens is 598 g/mol. The van der Waals surface area contributed by atoms with E-state index in [0.29, 0.717) is 43.6 Å². The molecule has 2 bridgehead atoms. The third kappa shape index (κ3) is 6.67. The Hall–Kier alpha value is -2.56. The van der Waals surface area contributed by atoms with Crippen LogP contribution in [0.15, 0.2) is 48.6 Å². The van der Waals surface area contributed by atoms with Crippen molar-refractivity contribution in [1.29, 1.82) is 0 Å². The second-order valence-corrected chi connectivity index (χ2v) is 15.1. The molecule has 238 valence electrons. The highest BCUT2D eigenvalue weighted by molar-refractivity contribution is 7.97. The maximum Gasteiger partial charge on any atom is 0.263 e. The molecule has 1 unspecified atom stereocenters. The predicted octanol–water partition coefficient (Wildman–Crippen LogP) is 5.09. The van der Waals surface area contributed by atoms with Gasteiger partial charge in [-0.05, 0) is 105 Å². The Balaban J connectivity index is 1.40. The molecule has 0 radical (unpaired) electrons. The summed E-state index contributed by atoms with van der Waals surface area (Å²) in [4.78, 5) is 15.8. The van der Waals surface area contributed by atoms with E-state index in [0.717, 1.165) is 61.7 Å². The number of fused-ring (bicyclic) bond motifs is 4. The van der Waals surface area contributed by atoms with Crippen molar-refractivity contribution in [3.05, 3.63) is 70.3 Å². The Morgan fingerprint density at radius 1 is 1.20 bits per heavy atom. The monoisotopic (exact) mass is 641 g/mol. The summed E-state index contributed by atoms with van der Waals surface area (Å²) < 4.78 is 37.2. The molecule has 1 fully saturated rings. The van der Waals surface area contributed by atoms with Crippen LogP contribution in [0.2, 0.25) is 5.02 Å². The van der Waals surface area contributed by atoms with Gasteiger partial charge in [0.05, 0.1) is 31.6 Å². The number of hydrogen-bond donors (Lipinski definition) is 2. The van der Waals surface area contributed by atoms with Crippen LogP contribution >= 0.6 is 11.6 Å². The van der Waals surface area contributed by atoms with E-state index in [4.69, 9.17) is 25.8 Å². The first-order valence-corrected chi connectivity index (χ1v) is 17.8. The molecule has 0 aromatic heterocycles. The van der Waals surface area contributed by atoms with Gasteiger partial charge in [-0.3, -0.25) is 9.52 Å². The molecule has 2 N–H and O–H groups in total. The van der Waals surface area contributed by atoms with Crippen LogP contribution in [0.1, 0.15) is 60.5 Å². The second kappa shape index (κ2) is 13.0. The van der Waals surface area contributed by atoms with E-state index < -0.39 is 15.8 Å². The minimum absolute atomic E-state index is 0.0478. The number of nitrogens with one attached hydrogen (secondary N) is 2. The van der Waals surface area contributed by atoms with Gasteiger partial charge in [-0.25, -0.2) is 8.93 Å². The van der Waals surface area contributed by atoms with E-state index in [9.17, 15) is 9.00 Å². The Bertz CT molecular complexity index is 1510. The summed E-state index contributed by atoms with van der Waals surface area (Å²) in [5.41, 5.74) is 3.69. The summed E-state index contributed by atoms with van der Waals surface area (Å²) in [5, 5.41) is 0.759. The van der Waals surface area contributed by atoms with Crippen LogP contribution in [0.4, 0.5) is 5.69 Å². The summed E-state index contributed by atoms with van der Waals surface area (Å²) in [7, 11) is -1.40. The zero-order valence-corrected chi connectivity index (χ0v) is 27.3. The van der Waals surface area contributed by atoms with Gasteiger partial charge in [0.2, 0.25) is 0 Å². The Morgan fingerprint density at radius 3 is 2.86 bits per heavy atom. The largest absolute Gasteiger partial charge is 0.490 e. The van der Waals surface area contributed by atoms with Crippen LogP contribution < -0.4 is 19.1 Å². The molecular formula is C34H44ClN3O5S. The van der Waals surface area contributed by atoms with Gasteiger partial charge < -0.3 is 19.1 Å². The van der Waals surface area contributed by atoms with Crippen molar-refractivity contribution in [2.75, 3.05) is 44.9 Å². The fraction of sp³-hybridized carbons (Fsp3) is 0.529. The van der Waals surface area contributed by atoms with Crippen LogP contribution in [-0.2, 0) is 31.2 Å². The predicted molar refractivity (Wildman–Crippen MR) is 177 cm³/mol. The second-order valence-electron chi connectivity index (χ2n) is 12.9. The van der Waals surface area contributed by atoms with E-state index in [1.54, 1.807) is 13.2 Å². The average molecular weight is 642 g/mol. The van der Waals surface area contributed by atoms with E-state index >= 15 is 0 Å². The number of halogens is 1. The first-order chi connectivity index (χ1) is 21.2. The summed E-state index contributed by atoms with van der Waals surface area (Å²) in [6, 6.07) is 11.6. The third-order valence-electron chi connectivity index (χ3n) is 9.71. The minimum atomic E-state index is -3.08. The number of anilines is 1. The number of carbonyl (C=O) groups excluding carboxylic acids is 1. The van der Waals surface area contributed by atoms with Gasteiger partial charge in [-0.15, -0.1) is 0 Å². The molecule has 2 aromatic carbocycles. The average Bonchev–Trinajstić information content (AvgIpc) is 3.11. The van der Waals surface area contributed by atoms with Crippen molar-refractivity contribution in [2.45, 2.75) is 63.0 Å². The van der Waals surface area contributed by atoms with Crippen molar-refractivity contribution in [2.24, 2.45) is 11.8 Å². The van der Waals surface area contributed by atoms with E-state index in [-0.39, 0.29) is 17.6 Å². The molecule has 8 nitrogen and oxygen atoms in total. The molecule has 4 aliphatic rings. The van der Waals surface area contributed by atoms with Crippen molar-refractivity contribution in [3.8, 4) is 5.75 Å². The van der Waals surface area contributed by atoms with Crippen LogP contribution in [0.5, 0.6) is 5.75 Å². The molecule has 2 aliphatic heterocycles. The van der Waals surface area contributed by atoms with Crippen LogP contribution in [0, 0.1) is 11.8 Å². The Labute approximate surface area is 266 Å². The highest BCUT2D eigenvalue weighted by Crippen LogP contribution is 2.47. The molecule has 6 atom stereocenters. The summed E-state index contributed by atoms with van der Waals surface area (Å²) in [6.07, 6.45) is 10.1. The van der Waals surface area contributed by atoms with Crippen LogP contribution in [-0.4, -0.2) is 68.2 Å². The molecule has 2 aromatic rings. The number of ether oxygens (including phenoxy) is 3. The molecule has 2 aliphatic carbocycles. The number of benzene rings is 2. The standard InChI is InChI=1S/C34H44ClN3O5S/c1-23-6-4-8-31(42-17-16-41-2)28-12-9-26(28)20-38-21-34(15-5-7-24-18-27(35)11-13-29(24)34)22-43-32-14-10-25(19-30(32)38)33(39)37-44(3,40)36-23/h4,8,10-11,13-14,18-19,23,26,28,31H,3,5-7,9,12,15-17,20-22H2,1-2H3,(H2,36,37,39,40)/b8-4+/t23-,26-,28+,31-,34-,44?/m0/s1. The topological polar surface area (TPSA) is 89.1 Å². The highest BCUT2D eigenvalue weighted by atomic mass is 35.5. The fourth-order valence-corrected chi connectivity index (χ4v) is 8.83. The molecule has 1 amide bonds. The SMILES string of the molecule is C=S1(=O)NC(=O)c2ccc3c(c2)N(C[C@@H]2CC[C@H]2[C@@H](OCCOC)/C=C/C[C@H](C)N1)C[C@@]1(CCCc2cc(Cl)ccc21)CO3. The van der Waals surface area contributed by atoms with Gasteiger partial charge in [0, 0.05) is 42.2 Å². The minimum Gasteiger partial charge on any atom is -0.490 e. The summed E-state index contributed by atoms with van der Waals surface area (Å²) >= 11 is 6.43. The lowest BCUT2D eigenvalue weighted by Crippen LogP contribution is -2.50. The molecule has 10 heteroatoms. The van der Waals surface area contributed by atoms with Gasteiger partial charge >= 0.3 is 0 Å². The number of hydrogen-bond acceptors (Lipinski definition) is 6. The van der Waals surface area contributed by atoms with Crippen molar-refractivity contribution in [3.63, 3.8) is 0 Å². The first kappa shape index (κ1) is 31.4. The molecule has 44 heavy (non-hydrogen) atoms. The maximum absolute atomic E-state index is 13.4. The van der Waals surface area contributed by atoms with Gasteiger partial charge in [0.25, 0.3) is 5.91 Å². The van der Waals surface area contributed by atoms with E-state index in [1.807, 2.05) is 25.1 Å². The number of carbonyl (C=O) groups is 1. The summed E-state index contributed by atoms with van der Waals surface area (Å²) in [6.45, 7) is 5.12. The summed E-state index contributed by atoms with van der Waals surface area (Å²) in [5.74, 6) is 4.89. The molecule has 1 spiro atoms. The molecule has 2 heterocycles. The fourth-order valence-electron chi connectivity index (χ4n) is 7.41. The van der Waals surface area contributed by atoms with Crippen molar-refractivity contribution < 1.29 is 23.2 Å². The number of amides is 1. The van der Waals surface area contributed by atoms with E-state index in [1.165, 1.54) is 11.1 Å². The lowest BCUT2D eigenvalue weighted by atomic mass is 9.68. The van der Waals surface area contributed by atoms with Crippen LogP contribution in [0.3, 0.4) is 0 Å². The van der Waals surface area contributed by atoms with Crippen molar-refractivity contribution in [1.82, 2.24) is 9.44 Å². The van der Waals surface area contributed by atoms with Crippen LogP contribution in [0.25, 0.3) is 0 Å². The zero-order valence-electron chi connectivity index (χ0n) is 25.7. The molecule has 1 saturated carbocycles. The lowest BCUT2D eigenvalue weighted by Gasteiger charge is -2.46. The third-order valence-corrected chi connectivity index (χ3v) is 11.2. The quantitative estimate of drug-likeness (QED) is 0.275. The zero-order chi connectivity index (χ0) is 30.9. The Kier molecular flexibility index (Phi) is 9.32. The number of rotatable bonds is 4. The maximum atomic E-state index is 13.4. The Morgan fingerprint density at radius 2 is 2.07 bits per heavy atom. The van der Waals surface area contributed by atoms with Crippen molar-refractivity contribution >= 4 is 39.0 Å². The number of methoxy groups -OCH3 is 1. The normalized spacial score (nSPS) is 32.8. The highest BCUT2D eigenvalue weighted by Gasteiger charge is 2.44.